The van der Waals surface area contributed by atoms with E-state index < -0.39 is 16.1 Å². The van der Waals surface area contributed by atoms with Crippen LogP contribution in [0.4, 0.5) is 0 Å². The summed E-state index contributed by atoms with van der Waals surface area (Å²) in [7, 11) is -3.67. The fourth-order valence-electron chi connectivity index (χ4n) is 0.636. The fraction of sp³-hybridized carbons (Fsp3) is 0.857. The third-order valence-corrected chi connectivity index (χ3v) is 1.19. The minimum Gasteiger partial charge on any atom is -0.330 e. The molecule has 0 saturated heterocycles. The van der Waals surface area contributed by atoms with Crippen LogP contribution in [0.1, 0.15) is 25.7 Å². The molecule has 0 aliphatic carbocycles. The molecule has 0 aromatic rings. The lowest BCUT2D eigenvalue weighted by molar-refractivity contribution is -0.234. The van der Waals surface area contributed by atoms with E-state index >= 15 is 0 Å². The molecule has 0 atom stereocenters. The van der Waals surface area contributed by atoms with Crippen molar-refractivity contribution < 1.29 is 27.9 Å². The van der Waals surface area contributed by atoms with Crippen LogP contribution < -0.4 is 5.73 Å². The number of nitrogens with two attached hydrogens (primary N) is 1. The Balaban J connectivity index is 0. The Morgan fingerprint density at radius 3 is 2.13 bits per heavy atom. The van der Waals surface area contributed by atoms with Crippen molar-refractivity contribution in [2.24, 2.45) is 5.73 Å². The monoisotopic (exact) mass is 243 g/mol. The maximum atomic E-state index is 10.3. The van der Waals surface area contributed by atoms with Crippen molar-refractivity contribution in [1.82, 2.24) is 0 Å². The minimum absolute atomic E-state index is 0.274. The highest BCUT2D eigenvalue weighted by molar-refractivity contribution is 7.85. The summed E-state index contributed by atoms with van der Waals surface area (Å²) < 4.78 is 25.9. The van der Waals surface area contributed by atoms with Crippen LogP contribution in [0.2, 0.25) is 0 Å². The predicted octanol–water partition coefficient (Wildman–Crippen LogP) is 0.0257. The number of hydrogen-bond donors (Lipinski definition) is 3. The zero-order valence-corrected chi connectivity index (χ0v) is 9.37. The molecule has 0 fully saturated rings. The maximum absolute atomic E-state index is 10.3. The highest BCUT2D eigenvalue weighted by atomic mass is 32.2. The molecule has 0 unspecified atom stereocenters. The predicted molar refractivity (Wildman–Crippen MR) is 53.7 cm³/mol. The van der Waals surface area contributed by atoms with Gasteiger partial charge in [0.25, 0.3) is 10.1 Å². The van der Waals surface area contributed by atoms with Crippen molar-refractivity contribution in [3.63, 3.8) is 0 Å². The molecule has 7 nitrogen and oxygen atoms in total. The second kappa shape index (κ2) is 9.84. The molecule has 8 heteroatoms. The van der Waals surface area contributed by atoms with Crippen LogP contribution in [0.5, 0.6) is 0 Å². The summed E-state index contributed by atoms with van der Waals surface area (Å²) in [6.45, 7) is 0.647. The Bertz CT molecular complexity index is 242. The number of unbranched alkanes of at least 4 members (excludes halogenated alkanes) is 2. The first-order valence-corrected chi connectivity index (χ1v) is 6.13. The van der Waals surface area contributed by atoms with Crippen LogP contribution in [0.3, 0.4) is 0 Å². The van der Waals surface area contributed by atoms with Gasteiger partial charge in [0.2, 0.25) is 0 Å². The van der Waals surface area contributed by atoms with Gasteiger partial charge in [-0.2, -0.15) is 13.7 Å². The molecule has 0 heterocycles. The second-order valence-electron chi connectivity index (χ2n) is 2.80. The summed E-state index contributed by atoms with van der Waals surface area (Å²) >= 11 is 0. The maximum Gasteiger partial charge on any atom is 0.342 e. The summed E-state index contributed by atoms with van der Waals surface area (Å²) in [6.07, 6.45) is 3.55. The van der Waals surface area contributed by atoms with Crippen LogP contribution in [0.15, 0.2) is 0 Å². The Kier molecular flexibility index (Phi) is 11.0. The summed E-state index contributed by atoms with van der Waals surface area (Å²) in [4.78, 5) is 13.7. The molecule has 4 N–H and O–H groups in total. The van der Waals surface area contributed by atoms with Crippen molar-refractivity contribution in [2.45, 2.75) is 25.7 Å². The van der Waals surface area contributed by atoms with E-state index in [0.717, 1.165) is 19.3 Å². The van der Waals surface area contributed by atoms with Gasteiger partial charge in [0, 0.05) is 6.42 Å². The van der Waals surface area contributed by atoms with Crippen LogP contribution in [-0.2, 0) is 19.8 Å². The quantitative estimate of drug-likeness (QED) is 0.269. The third-order valence-electron chi connectivity index (χ3n) is 1.19. The first-order valence-electron chi connectivity index (χ1n) is 4.28. The molecule has 92 valence electrons. The van der Waals surface area contributed by atoms with E-state index in [-0.39, 0.29) is 6.42 Å². The summed E-state index contributed by atoms with van der Waals surface area (Å²) in [5.74, 6) is -0.572. The molecular formula is C7H17NO6S. The van der Waals surface area contributed by atoms with E-state index in [1.165, 1.54) is 0 Å². The molecule has 0 aliphatic heterocycles. The molecule has 0 radical (unpaired) electrons. The second-order valence-corrected chi connectivity index (χ2v) is 4.26. The van der Waals surface area contributed by atoms with Gasteiger partial charge in [-0.25, -0.2) is 4.79 Å². The zero-order valence-electron chi connectivity index (χ0n) is 8.55. The van der Waals surface area contributed by atoms with E-state index in [4.69, 9.17) is 15.5 Å². The lowest BCUT2D eigenvalue weighted by Crippen LogP contribution is -2.02. The van der Waals surface area contributed by atoms with E-state index in [0.29, 0.717) is 12.8 Å². The average Bonchev–Trinajstić information content (AvgIpc) is 2.09. The standard InChI is InChI=1S/C6H13NO3.CH4O3S/c7-5-3-1-2-4-6(8)10-9;1-5(2,3)4/h9H,1-5,7H2;1H3,(H,2,3,4). The smallest absolute Gasteiger partial charge is 0.330 e. The van der Waals surface area contributed by atoms with Gasteiger partial charge in [0.15, 0.2) is 0 Å². The number of hydrogen-bond acceptors (Lipinski definition) is 6. The van der Waals surface area contributed by atoms with E-state index in [9.17, 15) is 13.2 Å². The van der Waals surface area contributed by atoms with Crippen LogP contribution >= 0.6 is 0 Å². The van der Waals surface area contributed by atoms with E-state index in [1.54, 1.807) is 0 Å². The highest BCUT2D eigenvalue weighted by Gasteiger charge is 1.99. The van der Waals surface area contributed by atoms with Crippen molar-refractivity contribution in [1.29, 1.82) is 0 Å². The SMILES string of the molecule is CS(=O)(=O)O.NCCCCCC(=O)OO. The van der Waals surface area contributed by atoms with Gasteiger partial charge >= 0.3 is 5.97 Å². The normalized spacial score (nSPS) is 10.1. The molecule has 0 spiro atoms. The fourth-order valence-corrected chi connectivity index (χ4v) is 0.636. The Labute approximate surface area is 88.9 Å². The number of rotatable bonds is 5. The molecule has 0 aromatic heterocycles. The van der Waals surface area contributed by atoms with Gasteiger partial charge in [-0.05, 0) is 19.4 Å². The van der Waals surface area contributed by atoms with Gasteiger partial charge < -0.3 is 10.6 Å². The largest absolute Gasteiger partial charge is 0.342 e. The molecule has 15 heavy (non-hydrogen) atoms. The van der Waals surface area contributed by atoms with Gasteiger partial charge in [-0.15, -0.1) is 0 Å². The number of carbonyl (C=O) groups excluding carboxylic acids is 1. The van der Waals surface area contributed by atoms with Crippen molar-refractivity contribution >= 4 is 16.1 Å². The van der Waals surface area contributed by atoms with Gasteiger partial charge in [0.05, 0.1) is 6.26 Å². The van der Waals surface area contributed by atoms with Crippen molar-refractivity contribution in [3.05, 3.63) is 0 Å². The Hall–Kier alpha value is -0.700. The van der Waals surface area contributed by atoms with E-state index in [2.05, 4.69) is 4.89 Å². The molecule has 0 rings (SSSR count). The summed E-state index contributed by atoms with van der Waals surface area (Å²) in [5.41, 5.74) is 5.21. The first kappa shape index (κ1) is 16.7. The minimum atomic E-state index is -3.67. The Morgan fingerprint density at radius 1 is 1.33 bits per heavy atom. The van der Waals surface area contributed by atoms with Crippen molar-refractivity contribution in [2.75, 3.05) is 12.8 Å². The lowest BCUT2D eigenvalue weighted by Gasteiger charge is -1.95. The molecule has 0 amide bonds. The molecule has 0 saturated carbocycles. The molecule has 0 bridgehead atoms. The molecule has 0 aliphatic rings. The zero-order chi connectivity index (χ0) is 12.3. The molecular weight excluding hydrogens is 226 g/mol. The lowest BCUT2D eigenvalue weighted by atomic mass is 10.2. The van der Waals surface area contributed by atoms with Crippen molar-refractivity contribution in [3.8, 4) is 0 Å². The summed E-state index contributed by atoms with van der Waals surface area (Å²) in [5, 5.41) is 7.82. The topological polar surface area (TPSA) is 127 Å². The Morgan fingerprint density at radius 2 is 1.80 bits per heavy atom. The highest BCUT2D eigenvalue weighted by Crippen LogP contribution is 1.98. The van der Waals surface area contributed by atoms with Crippen LogP contribution in [-0.4, -0.2) is 37.0 Å². The van der Waals surface area contributed by atoms with Gasteiger partial charge in [0.1, 0.15) is 0 Å². The van der Waals surface area contributed by atoms with Gasteiger partial charge in [-0.3, -0.25) is 4.55 Å². The third kappa shape index (κ3) is 31.9. The average molecular weight is 243 g/mol. The van der Waals surface area contributed by atoms with Crippen LogP contribution in [0.25, 0.3) is 0 Å². The van der Waals surface area contributed by atoms with Crippen LogP contribution in [0, 0.1) is 0 Å². The molecule has 0 aromatic carbocycles. The summed E-state index contributed by atoms with van der Waals surface area (Å²) in [6, 6.07) is 0. The van der Waals surface area contributed by atoms with Gasteiger partial charge in [-0.1, -0.05) is 6.42 Å². The first-order chi connectivity index (χ1) is 6.81. The van der Waals surface area contributed by atoms with E-state index in [1.807, 2.05) is 0 Å². The number of carbonyl (C=O) groups is 1.